The van der Waals surface area contributed by atoms with Gasteiger partial charge in [0.2, 0.25) is 0 Å². The third-order valence-corrected chi connectivity index (χ3v) is 6.11. The maximum Gasteiger partial charge on any atom is 0.293 e. The molecular weight excluding hydrogens is 450 g/mol. The standard InChI is InChI=1S/C24H26ClNO5S/c1-5-16(3)31-22-19(25)12-17(13-20(22)29-4)14-21-23(27)26(24(28)32-21)10-11-30-18-8-6-15(2)7-9-18/h6-9,12-14,16H,5,10-11H2,1-4H3. The lowest BCUT2D eigenvalue weighted by atomic mass is 10.1. The van der Waals surface area contributed by atoms with Crippen LogP contribution in [0.3, 0.4) is 0 Å². The Morgan fingerprint density at radius 2 is 1.91 bits per heavy atom. The maximum absolute atomic E-state index is 12.8. The van der Waals surface area contributed by atoms with Crippen LogP contribution in [0.5, 0.6) is 17.2 Å². The Morgan fingerprint density at radius 3 is 2.56 bits per heavy atom. The summed E-state index contributed by atoms with van der Waals surface area (Å²) in [7, 11) is 1.53. The number of imide groups is 1. The van der Waals surface area contributed by atoms with Crippen molar-refractivity contribution in [3.05, 3.63) is 57.5 Å². The SMILES string of the molecule is CCC(C)Oc1c(Cl)cc(C=C2SC(=O)N(CCOc3ccc(C)cc3)C2=O)cc1OC. The minimum atomic E-state index is -0.359. The van der Waals surface area contributed by atoms with Crippen molar-refractivity contribution < 1.29 is 23.8 Å². The highest BCUT2D eigenvalue weighted by Crippen LogP contribution is 2.39. The van der Waals surface area contributed by atoms with Crippen molar-refractivity contribution in [1.82, 2.24) is 4.90 Å². The molecule has 1 heterocycles. The molecule has 0 bridgehead atoms. The van der Waals surface area contributed by atoms with E-state index in [1.807, 2.05) is 45.0 Å². The van der Waals surface area contributed by atoms with Crippen LogP contribution in [0.1, 0.15) is 31.4 Å². The fourth-order valence-electron chi connectivity index (χ4n) is 2.96. The fraction of sp³-hybridized carbons (Fsp3) is 0.333. The van der Waals surface area contributed by atoms with Gasteiger partial charge in [-0.2, -0.15) is 0 Å². The molecule has 2 aromatic rings. The normalized spacial score (nSPS) is 15.9. The highest BCUT2D eigenvalue weighted by Gasteiger charge is 2.35. The van der Waals surface area contributed by atoms with Crippen molar-refractivity contribution in [3.8, 4) is 17.2 Å². The number of carbonyl (C=O) groups excluding carboxylic acids is 2. The monoisotopic (exact) mass is 475 g/mol. The number of carbonyl (C=O) groups is 2. The second-order valence-electron chi connectivity index (χ2n) is 7.37. The Bertz CT molecular complexity index is 1020. The maximum atomic E-state index is 12.8. The van der Waals surface area contributed by atoms with E-state index < -0.39 is 0 Å². The Kier molecular flexibility index (Phi) is 8.10. The highest BCUT2D eigenvalue weighted by atomic mass is 35.5. The number of rotatable bonds is 9. The molecule has 8 heteroatoms. The molecule has 1 aliphatic rings. The summed E-state index contributed by atoms with van der Waals surface area (Å²) in [6.07, 6.45) is 2.43. The molecule has 3 rings (SSSR count). The van der Waals surface area contributed by atoms with Crippen molar-refractivity contribution in [3.63, 3.8) is 0 Å². The van der Waals surface area contributed by atoms with E-state index in [1.165, 1.54) is 12.0 Å². The van der Waals surface area contributed by atoms with Gasteiger partial charge in [0.15, 0.2) is 11.5 Å². The molecule has 1 atom stereocenters. The van der Waals surface area contributed by atoms with Gasteiger partial charge >= 0.3 is 0 Å². The lowest BCUT2D eigenvalue weighted by Gasteiger charge is -2.17. The number of nitrogens with zero attached hydrogens (tertiary/aromatic N) is 1. The quantitative estimate of drug-likeness (QED) is 0.417. The average molecular weight is 476 g/mol. The van der Waals surface area contributed by atoms with E-state index in [4.69, 9.17) is 25.8 Å². The molecule has 0 radical (unpaired) electrons. The Hall–Kier alpha value is -2.64. The summed E-state index contributed by atoms with van der Waals surface area (Å²) in [5.41, 5.74) is 1.77. The molecule has 1 fully saturated rings. The highest BCUT2D eigenvalue weighted by molar-refractivity contribution is 8.18. The van der Waals surface area contributed by atoms with E-state index in [9.17, 15) is 9.59 Å². The van der Waals surface area contributed by atoms with Crippen LogP contribution in [0, 0.1) is 6.92 Å². The van der Waals surface area contributed by atoms with E-state index in [0.717, 1.165) is 23.7 Å². The number of amides is 2. The molecule has 1 aliphatic heterocycles. The molecule has 2 aromatic carbocycles. The van der Waals surface area contributed by atoms with Crippen molar-refractivity contribution in [2.24, 2.45) is 0 Å². The van der Waals surface area contributed by atoms with Gasteiger partial charge in [0.25, 0.3) is 11.1 Å². The topological polar surface area (TPSA) is 65.1 Å². The summed E-state index contributed by atoms with van der Waals surface area (Å²) in [5, 5.41) is 0.0465. The molecule has 1 saturated heterocycles. The number of halogens is 1. The number of methoxy groups -OCH3 is 1. The molecule has 0 N–H and O–H groups in total. The van der Waals surface area contributed by atoms with Crippen LogP contribution in [-0.2, 0) is 4.79 Å². The van der Waals surface area contributed by atoms with Crippen LogP contribution in [0.2, 0.25) is 5.02 Å². The minimum Gasteiger partial charge on any atom is -0.493 e. The number of aryl methyl sites for hydroxylation is 1. The van der Waals surface area contributed by atoms with E-state index >= 15 is 0 Å². The molecule has 2 amide bonds. The van der Waals surface area contributed by atoms with E-state index in [-0.39, 0.29) is 30.4 Å². The lowest BCUT2D eigenvalue weighted by molar-refractivity contribution is -0.123. The smallest absolute Gasteiger partial charge is 0.293 e. The first-order valence-corrected chi connectivity index (χ1v) is 11.5. The first-order chi connectivity index (χ1) is 15.3. The fourth-order valence-corrected chi connectivity index (χ4v) is 4.08. The van der Waals surface area contributed by atoms with Crippen molar-refractivity contribution in [1.29, 1.82) is 0 Å². The Labute approximate surface area is 197 Å². The van der Waals surface area contributed by atoms with Gasteiger partial charge < -0.3 is 14.2 Å². The molecule has 6 nitrogen and oxygen atoms in total. The second-order valence-corrected chi connectivity index (χ2v) is 8.77. The summed E-state index contributed by atoms with van der Waals surface area (Å²) in [5.74, 6) is 1.26. The number of thioether (sulfide) groups is 1. The van der Waals surface area contributed by atoms with Gasteiger partial charge in [0.1, 0.15) is 12.4 Å². The lowest BCUT2D eigenvalue weighted by Crippen LogP contribution is -2.32. The minimum absolute atomic E-state index is 0.0223. The van der Waals surface area contributed by atoms with Crippen LogP contribution in [0.15, 0.2) is 41.3 Å². The third kappa shape index (κ3) is 5.78. The first kappa shape index (κ1) is 24.0. The van der Waals surface area contributed by atoms with Gasteiger partial charge in [-0.05, 0) is 67.9 Å². The van der Waals surface area contributed by atoms with E-state index in [1.54, 1.807) is 18.2 Å². The second kappa shape index (κ2) is 10.8. The van der Waals surface area contributed by atoms with Gasteiger partial charge in [-0.1, -0.05) is 36.2 Å². The third-order valence-electron chi connectivity index (χ3n) is 4.92. The number of hydrogen-bond acceptors (Lipinski definition) is 6. The van der Waals surface area contributed by atoms with E-state index in [0.29, 0.717) is 32.7 Å². The van der Waals surface area contributed by atoms with Crippen LogP contribution >= 0.6 is 23.4 Å². The van der Waals surface area contributed by atoms with Gasteiger partial charge in [0.05, 0.1) is 29.7 Å². The van der Waals surface area contributed by atoms with Crippen molar-refractivity contribution in [2.75, 3.05) is 20.3 Å². The molecule has 0 aromatic heterocycles. The van der Waals surface area contributed by atoms with Gasteiger partial charge in [-0.25, -0.2) is 0 Å². The zero-order valence-electron chi connectivity index (χ0n) is 18.5. The van der Waals surface area contributed by atoms with Crippen molar-refractivity contribution in [2.45, 2.75) is 33.3 Å². The zero-order valence-corrected chi connectivity index (χ0v) is 20.1. The summed E-state index contributed by atoms with van der Waals surface area (Å²) < 4.78 is 16.9. The number of benzene rings is 2. The Balaban J connectivity index is 1.70. The zero-order chi connectivity index (χ0) is 23.3. The van der Waals surface area contributed by atoms with Crippen LogP contribution in [0.25, 0.3) is 6.08 Å². The molecule has 170 valence electrons. The van der Waals surface area contributed by atoms with Crippen LogP contribution in [0.4, 0.5) is 4.79 Å². The molecule has 1 unspecified atom stereocenters. The Morgan fingerprint density at radius 1 is 1.19 bits per heavy atom. The van der Waals surface area contributed by atoms with Crippen LogP contribution < -0.4 is 14.2 Å². The average Bonchev–Trinajstić information content (AvgIpc) is 3.03. The molecular formula is C24H26ClNO5S. The summed E-state index contributed by atoms with van der Waals surface area (Å²) in [6, 6.07) is 11.0. The largest absolute Gasteiger partial charge is 0.493 e. The number of ether oxygens (including phenoxy) is 3. The molecule has 0 spiro atoms. The number of hydrogen-bond donors (Lipinski definition) is 0. The van der Waals surface area contributed by atoms with Gasteiger partial charge in [-0.15, -0.1) is 0 Å². The van der Waals surface area contributed by atoms with Crippen molar-refractivity contribution >= 4 is 40.6 Å². The van der Waals surface area contributed by atoms with Gasteiger partial charge in [0, 0.05) is 0 Å². The molecule has 0 saturated carbocycles. The predicted octanol–water partition coefficient (Wildman–Crippen LogP) is 5.95. The molecule has 32 heavy (non-hydrogen) atoms. The molecule has 0 aliphatic carbocycles. The summed E-state index contributed by atoms with van der Waals surface area (Å²) in [6.45, 7) is 6.34. The summed E-state index contributed by atoms with van der Waals surface area (Å²) >= 11 is 7.30. The summed E-state index contributed by atoms with van der Waals surface area (Å²) in [4.78, 5) is 26.6. The van der Waals surface area contributed by atoms with Crippen LogP contribution in [-0.4, -0.2) is 42.4 Å². The predicted molar refractivity (Wildman–Crippen MR) is 128 cm³/mol. The van der Waals surface area contributed by atoms with Gasteiger partial charge in [-0.3, -0.25) is 14.5 Å². The first-order valence-electron chi connectivity index (χ1n) is 10.3. The van der Waals surface area contributed by atoms with E-state index in [2.05, 4.69) is 0 Å².